The van der Waals surface area contributed by atoms with Crippen LogP contribution >= 0.6 is 0 Å². The smallest absolute Gasteiger partial charge is 0.0894 e. The quantitative estimate of drug-likeness (QED) is 0.398. The molecule has 35 heavy (non-hydrogen) atoms. The molecule has 6 aliphatic carbocycles. The molecule has 4 bridgehead atoms. The highest BCUT2D eigenvalue weighted by Gasteiger charge is 2.58. The minimum atomic E-state index is 0.386. The van der Waals surface area contributed by atoms with Gasteiger partial charge in [-0.3, -0.25) is 9.97 Å². The molecule has 5 atom stereocenters. The predicted molar refractivity (Wildman–Crippen MR) is 141 cm³/mol. The zero-order valence-electron chi connectivity index (χ0n) is 22.0. The average Bonchev–Trinajstić information content (AvgIpc) is 2.86. The molecule has 0 amide bonds. The second-order valence-electron chi connectivity index (χ2n) is 13.3. The summed E-state index contributed by atoms with van der Waals surface area (Å²) in [6, 6.07) is 15.4. The van der Waals surface area contributed by atoms with Gasteiger partial charge in [0.25, 0.3) is 0 Å². The zero-order valence-corrected chi connectivity index (χ0v) is 22.0. The van der Waals surface area contributed by atoms with Crippen LogP contribution in [0.1, 0.15) is 94.7 Å². The van der Waals surface area contributed by atoms with Crippen molar-refractivity contribution in [3.05, 3.63) is 65.0 Å². The van der Waals surface area contributed by atoms with Gasteiger partial charge in [0.1, 0.15) is 0 Å². The highest BCUT2D eigenvalue weighted by Crippen LogP contribution is 2.67. The van der Waals surface area contributed by atoms with Gasteiger partial charge in [0.15, 0.2) is 0 Å². The first-order valence-corrected chi connectivity index (χ1v) is 13.6. The highest BCUT2D eigenvalue weighted by atomic mass is 14.9. The van der Waals surface area contributed by atoms with Crippen molar-refractivity contribution in [2.75, 3.05) is 0 Å². The van der Waals surface area contributed by atoms with Gasteiger partial charge >= 0.3 is 0 Å². The molecular weight excluding hydrogens is 426 g/mol. The van der Waals surface area contributed by atoms with E-state index < -0.39 is 0 Å². The van der Waals surface area contributed by atoms with E-state index in [0.717, 1.165) is 41.0 Å². The van der Waals surface area contributed by atoms with E-state index in [1.807, 2.05) is 0 Å². The Balaban J connectivity index is 1.25. The van der Waals surface area contributed by atoms with Crippen LogP contribution < -0.4 is 0 Å². The van der Waals surface area contributed by atoms with Crippen LogP contribution in [0.5, 0.6) is 0 Å². The van der Waals surface area contributed by atoms with Gasteiger partial charge in [0, 0.05) is 17.3 Å². The van der Waals surface area contributed by atoms with E-state index >= 15 is 0 Å². The fraction of sp³-hybridized carbons (Fsp3) is 0.531. The lowest BCUT2D eigenvalue weighted by Crippen LogP contribution is -2.51. The van der Waals surface area contributed by atoms with Gasteiger partial charge in [0.05, 0.1) is 22.8 Å². The van der Waals surface area contributed by atoms with Gasteiger partial charge in [-0.1, -0.05) is 59.7 Å². The number of nitrogens with zero attached hydrogens (tertiary/aromatic N) is 3. The third kappa shape index (κ3) is 2.87. The molecule has 3 heteroatoms. The van der Waals surface area contributed by atoms with Crippen LogP contribution in [0.15, 0.2) is 42.5 Å². The van der Waals surface area contributed by atoms with E-state index in [2.05, 4.69) is 84.0 Å². The van der Waals surface area contributed by atoms with Crippen LogP contribution in [0, 0.1) is 28.6 Å². The van der Waals surface area contributed by atoms with Crippen LogP contribution in [0.2, 0.25) is 0 Å². The van der Waals surface area contributed by atoms with Crippen molar-refractivity contribution in [2.24, 2.45) is 28.6 Å². The van der Waals surface area contributed by atoms with Gasteiger partial charge in [-0.05, 0) is 95.1 Å². The third-order valence-electron chi connectivity index (χ3n) is 10.7. The molecule has 3 nitrogen and oxygen atoms in total. The summed E-state index contributed by atoms with van der Waals surface area (Å²) in [6.07, 6.45) is 3.75. The molecule has 9 rings (SSSR count). The Kier molecular flexibility index (Phi) is 4.35. The van der Waals surface area contributed by atoms with E-state index in [0.29, 0.717) is 34.5 Å². The fourth-order valence-electron chi connectivity index (χ4n) is 8.24. The van der Waals surface area contributed by atoms with E-state index in [-0.39, 0.29) is 0 Å². The van der Waals surface area contributed by atoms with Crippen LogP contribution in [0.4, 0.5) is 0 Å². The van der Waals surface area contributed by atoms with Gasteiger partial charge in [-0.2, -0.15) is 0 Å². The minimum absolute atomic E-state index is 0.386. The van der Waals surface area contributed by atoms with Gasteiger partial charge < -0.3 is 0 Å². The molecule has 0 saturated heterocycles. The molecule has 0 radical (unpaired) electrons. The molecule has 2 fully saturated rings. The number of pyridine rings is 3. The van der Waals surface area contributed by atoms with Gasteiger partial charge in [-0.15, -0.1) is 0 Å². The summed E-state index contributed by atoms with van der Waals surface area (Å²) in [7, 11) is 0. The monoisotopic (exact) mass is 463 g/mol. The summed E-state index contributed by atoms with van der Waals surface area (Å²) in [5.41, 5.74) is 10.3. The molecule has 6 aliphatic rings. The van der Waals surface area contributed by atoms with E-state index in [9.17, 15) is 0 Å². The molecule has 0 N–H and O–H groups in total. The lowest BCUT2D eigenvalue weighted by atomic mass is 9.43. The van der Waals surface area contributed by atoms with Crippen LogP contribution in [0.3, 0.4) is 0 Å². The highest BCUT2D eigenvalue weighted by molar-refractivity contribution is 5.63. The summed E-state index contributed by atoms with van der Waals surface area (Å²) in [6.45, 7) is 14.5. The van der Waals surface area contributed by atoms with E-state index in [4.69, 9.17) is 15.0 Å². The lowest BCUT2D eigenvalue weighted by Gasteiger charge is -2.61. The van der Waals surface area contributed by atoms with Crippen molar-refractivity contribution in [3.8, 4) is 22.8 Å². The molecule has 0 spiro atoms. The Bertz CT molecular complexity index is 1350. The molecule has 180 valence electrons. The maximum Gasteiger partial charge on any atom is 0.0894 e. The second-order valence-corrected chi connectivity index (χ2v) is 13.3. The second kappa shape index (κ2) is 7.02. The van der Waals surface area contributed by atoms with Crippen LogP contribution in [-0.2, 0) is 6.42 Å². The van der Waals surface area contributed by atoms with Gasteiger partial charge in [-0.25, -0.2) is 4.98 Å². The maximum atomic E-state index is 5.29. The average molecular weight is 464 g/mol. The Hall–Kier alpha value is -2.55. The first-order chi connectivity index (χ1) is 16.7. The molecule has 2 saturated carbocycles. The number of hydrogen-bond donors (Lipinski definition) is 0. The molecule has 3 aromatic heterocycles. The van der Waals surface area contributed by atoms with E-state index in [1.54, 1.807) is 0 Å². The lowest BCUT2D eigenvalue weighted by molar-refractivity contribution is -0.0198. The molecule has 0 aromatic carbocycles. The largest absolute Gasteiger partial charge is 0.251 e. The Morgan fingerprint density at radius 1 is 0.714 bits per heavy atom. The first-order valence-electron chi connectivity index (χ1n) is 13.6. The van der Waals surface area contributed by atoms with Crippen LogP contribution in [0.25, 0.3) is 22.8 Å². The molecular formula is C32H37N3. The summed E-state index contributed by atoms with van der Waals surface area (Å²) in [5.74, 6) is 3.95. The van der Waals surface area contributed by atoms with Crippen LogP contribution in [-0.4, -0.2) is 15.0 Å². The minimum Gasteiger partial charge on any atom is -0.251 e. The standard InChI is InChI=1S/C32H37N3/c1-17(2)29-23-16-22(32(23,5)6)20-11-13-27(35-30(20)29)25-9-7-8-24(33-25)26-12-10-19-21-14-18(31(21,3)4)15-28(19)34-26/h7-13,17-18,21-23,29H,14-16H2,1-6H3/t18-,21+,22+,23-,29?/m0/s1. The molecule has 3 aromatic rings. The Morgan fingerprint density at radius 3 is 2.00 bits per heavy atom. The summed E-state index contributed by atoms with van der Waals surface area (Å²) >= 11 is 0. The number of aromatic nitrogens is 3. The maximum absolute atomic E-state index is 5.29. The van der Waals surface area contributed by atoms with Crippen molar-refractivity contribution in [1.82, 2.24) is 15.0 Å². The van der Waals surface area contributed by atoms with Gasteiger partial charge in [0.2, 0.25) is 0 Å². The summed E-state index contributed by atoms with van der Waals surface area (Å²) in [5, 5.41) is 0. The summed E-state index contributed by atoms with van der Waals surface area (Å²) < 4.78 is 0. The van der Waals surface area contributed by atoms with Crippen molar-refractivity contribution >= 4 is 0 Å². The van der Waals surface area contributed by atoms with Crippen molar-refractivity contribution in [2.45, 2.75) is 78.6 Å². The van der Waals surface area contributed by atoms with Crippen molar-refractivity contribution in [1.29, 1.82) is 0 Å². The molecule has 3 heterocycles. The third-order valence-corrected chi connectivity index (χ3v) is 10.7. The Morgan fingerprint density at radius 2 is 1.34 bits per heavy atom. The SMILES string of the molecule is CC(C)C1c2nc(-c3cccc(-c4ccc5c(n4)C[C@@H]4C[C@H]5C4(C)C)n3)ccc2[C@H]2C[C@@H]1C2(C)C. The zero-order chi connectivity index (χ0) is 24.3. The molecule has 0 aliphatic heterocycles. The number of rotatable bonds is 3. The number of hydrogen-bond acceptors (Lipinski definition) is 3. The summed E-state index contributed by atoms with van der Waals surface area (Å²) in [4.78, 5) is 15.5. The Labute approximate surface area is 209 Å². The first kappa shape index (κ1) is 21.7. The van der Waals surface area contributed by atoms with E-state index in [1.165, 1.54) is 35.4 Å². The van der Waals surface area contributed by atoms with Crippen molar-refractivity contribution < 1.29 is 0 Å². The van der Waals surface area contributed by atoms with Crippen molar-refractivity contribution in [3.63, 3.8) is 0 Å². The molecule has 1 unspecified atom stereocenters. The topological polar surface area (TPSA) is 38.7 Å². The normalized spacial score (nSPS) is 30.7. The fourth-order valence-corrected chi connectivity index (χ4v) is 8.24. The predicted octanol–water partition coefficient (Wildman–Crippen LogP) is 7.77.